The topological polar surface area (TPSA) is 55.8 Å². The summed E-state index contributed by atoms with van der Waals surface area (Å²) in [5.74, 6) is -0.363. The van der Waals surface area contributed by atoms with E-state index in [2.05, 4.69) is 0 Å². The molecule has 1 amide bonds. The molecule has 0 aromatic heterocycles. The predicted octanol–water partition coefficient (Wildman–Crippen LogP) is 2.14. The lowest BCUT2D eigenvalue weighted by atomic mass is 10.1. The van der Waals surface area contributed by atoms with Crippen LogP contribution in [0.2, 0.25) is 0 Å². The number of hydrogen-bond acceptors (Lipinski definition) is 4. The number of amides is 1. The summed E-state index contributed by atoms with van der Waals surface area (Å²) in [6, 6.07) is 0. The summed E-state index contributed by atoms with van der Waals surface area (Å²) in [6.45, 7) is 6.84. The van der Waals surface area contributed by atoms with E-state index >= 15 is 0 Å². The Morgan fingerprint density at radius 1 is 1.25 bits per heavy atom. The zero-order valence-electron chi connectivity index (χ0n) is 13.1. The van der Waals surface area contributed by atoms with E-state index in [-0.39, 0.29) is 30.8 Å². The third kappa shape index (κ3) is 6.89. The molecule has 0 N–H and O–H groups in total. The van der Waals surface area contributed by atoms with Crippen LogP contribution in [0.25, 0.3) is 0 Å². The Bertz CT molecular complexity index is 329. The van der Waals surface area contributed by atoms with Crippen LogP contribution >= 0.6 is 0 Å². The molecule has 0 spiro atoms. The molecule has 0 bridgehead atoms. The smallest absolute Gasteiger partial charge is 0.306 e. The zero-order valence-corrected chi connectivity index (χ0v) is 13.1. The highest BCUT2D eigenvalue weighted by Gasteiger charge is 2.21. The quantitative estimate of drug-likeness (QED) is 0.726. The van der Waals surface area contributed by atoms with Crippen LogP contribution in [-0.4, -0.2) is 48.7 Å². The Kier molecular flexibility index (Phi) is 6.46. The molecule has 0 aliphatic carbocycles. The van der Waals surface area contributed by atoms with Crippen molar-refractivity contribution in [3.05, 3.63) is 0 Å². The Morgan fingerprint density at radius 2 is 1.95 bits per heavy atom. The van der Waals surface area contributed by atoms with Crippen molar-refractivity contribution >= 4 is 11.9 Å². The Hall–Kier alpha value is -1.10. The van der Waals surface area contributed by atoms with Crippen LogP contribution in [0.4, 0.5) is 0 Å². The molecule has 1 saturated heterocycles. The maximum atomic E-state index is 11.9. The fourth-order valence-electron chi connectivity index (χ4n) is 2.15. The number of nitrogens with zero attached hydrogens (tertiary/aromatic N) is 1. The lowest BCUT2D eigenvalue weighted by molar-refractivity contribution is -0.156. The molecular formula is C15H27NO4. The number of esters is 1. The summed E-state index contributed by atoms with van der Waals surface area (Å²) in [4.78, 5) is 25.2. The first-order valence-electron chi connectivity index (χ1n) is 7.35. The van der Waals surface area contributed by atoms with E-state index in [1.54, 1.807) is 11.9 Å². The first kappa shape index (κ1) is 17.0. The summed E-state index contributed by atoms with van der Waals surface area (Å²) >= 11 is 0. The molecule has 5 nitrogen and oxygen atoms in total. The minimum absolute atomic E-state index is 0.0370. The van der Waals surface area contributed by atoms with Crippen LogP contribution in [0.15, 0.2) is 0 Å². The fraction of sp³-hybridized carbons (Fsp3) is 0.867. The van der Waals surface area contributed by atoms with Crippen molar-refractivity contribution in [2.24, 2.45) is 0 Å². The van der Waals surface area contributed by atoms with E-state index in [4.69, 9.17) is 9.47 Å². The molecule has 1 aliphatic rings. The normalized spacial score (nSPS) is 19.5. The number of rotatable bonds is 5. The highest BCUT2D eigenvalue weighted by Crippen LogP contribution is 2.14. The Morgan fingerprint density at radius 3 is 2.50 bits per heavy atom. The molecule has 20 heavy (non-hydrogen) atoms. The number of likely N-dealkylation sites (N-methyl/N-ethyl adjacent to an activating group) is 1. The van der Waals surface area contributed by atoms with E-state index < -0.39 is 5.60 Å². The Labute approximate surface area is 121 Å². The van der Waals surface area contributed by atoms with Crippen molar-refractivity contribution < 1.29 is 19.1 Å². The van der Waals surface area contributed by atoms with Gasteiger partial charge in [0.25, 0.3) is 0 Å². The molecule has 1 atom stereocenters. The Balaban J connectivity index is 2.25. The molecule has 1 unspecified atom stereocenters. The van der Waals surface area contributed by atoms with Gasteiger partial charge in [-0.25, -0.2) is 0 Å². The largest absolute Gasteiger partial charge is 0.460 e. The summed E-state index contributed by atoms with van der Waals surface area (Å²) in [5, 5.41) is 0. The van der Waals surface area contributed by atoms with Gasteiger partial charge in [0.05, 0.1) is 12.5 Å². The van der Waals surface area contributed by atoms with E-state index in [1.807, 2.05) is 20.8 Å². The first-order valence-corrected chi connectivity index (χ1v) is 7.35. The molecule has 1 fully saturated rings. The molecule has 0 aromatic carbocycles. The van der Waals surface area contributed by atoms with Gasteiger partial charge in [-0.05, 0) is 40.0 Å². The highest BCUT2D eigenvalue weighted by atomic mass is 16.6. The molecule has 1 heterocycles. The third-order valence-corrected chi connectivity index (χ3v) is 3.14. The van der Waals surface area contributed by atoms with Gasteiger partial charge in [-0.1, -0.05) is 0 Å². The second kappa shape index (κ2) is 7.62. The van der Waals surface area contributed by atoms with Gasteiger partial charge in [0.15, 0.2) is 0 Å². The average molecular weight is 285 g/mol. The second-order valence-corrected chi connectivity index (χ2v) is 6.35. The second-order valence-electron chi connectivity index (χ2n) is 6.35. The summed E-state index contributed by atoms with van der Waals surface area (Å²) in [5.41, 5.74) is -0.498. The van der Waals surface area contributed by atoms with E-state index in [0.717, 1.165) is 25.9 Å². The van der Waals surface area contributed by atoms with E-state index in [1.165, 1.54) is 0 Å². The monoisotopic (exact) mass is 285 g/mol. The maximum absolute atomic E-state index is 11.9. The van der Waals surface area contributed by atoms with Gasteiger partial charge in [-0.3, -0.25) is 9.59 Å². The molecule has 1 aliphatic heterocycles. The van der Waals surface area contributed by atoms with Crippen molar-refractivity contribution in [2.45, 2.75) is 64.6 Å². The number of hydrogen-bond donors (Lipinski definition) is 0. The first-order chi connectivity index (χ1) is 9.28. The minimum atomic E-state index is -0.498. The average Bonchev–Trinajstić information content (AvgIpc) is 2.35. The van der Waals surface area contributed by atoms with Crippen LogP contribution in [0.1, 0.15) is 52.9 Å². The van der Waals surface area contributed by atoms with Crippen LogP contribution in [0.3, 0.4) is 0 Å². The van der Waals surface area contributed by atoms with Crippen molar-refractivity contribution in [3.63, 3.8) is 0 Å². The van der Waals surface area contributed by atoms with Crippen LogP contribution < -0.4 is 0 Å². The van der Waals surface area contributed by atoms with Gasteiger partial charge in [0, 0.05) is 26.6 Å². The number of carbonyl (C=O) groups excluding carboxylic acids is 2. The molecule has 1 rings (SSSR count). The van der Waals surface area contributed by atoms with Crippen LogP contribution in [0, 0.1) is 0 Å². The molecule has 0 aromatic rings. The molecule has 5 heteroatoms. The fourth-order valence-corrected chi connectivity index (χ4v) is 2.15. The highest BCUT2D eigenvalue weighted by molar-refractivity contribution is 5.81. The zero-order chi connectivity index (χ0) is 15.2. The van der Waals surface area contributed by atoms with Crippen molar-refractivity contribution in [2.75, 3.05) is 20.2 Å². The van der Waals surface area contributed by atoms with Gasteiger partial charge < -0.3 is 14.4 Å². The molecule has 0 radical (unpaired) electrons. The van der Waals surface area contributed by atoms with Crippen molar-refractivity contribution in [3.8, 4) is 0 Å². The summed E-state index contributed by atoms with van der Waals surface area (Å²) in [7, 11) is 1.76. The third-order valence-electron chi connectivity index (χ3n) is 3.14. The van der Waals surface area contributed by atoms with Gasteiger partial charge >= 0.3 is 5.97 Å². The van der Waals surface area contributed by atoms with Gasteiger partial charge in [0.1, 0.15) is 5.60 Å². The maximum Gasteiger partial charge on any atom is 0.306 e. The van der Waals surface area contributed by atoms with Gasteiger partial charge in [-0.2, -0.15) is 0 Å². The van der Waals surface area contributed by atoms with Crippen LogP contribution in [-0.2, 0) is 19.1 Å². The van der Waals surface area contributed by atoms with E-state index in [0.29, 0.717) is 6.54 Å². The summed E-state index contributed by atoms with van der Waals surface area (Å²) in [6.07, 6.45) is 3.73. The standard InChI is InChI=1S/C15H27NO4/c1-15(2,3)20-14(18)9-8-13(17)16(4)11-12-7-5-6-10-19-12/h12H,5-11H2,1-4H3. The minimum Gasteiger partial charge on any atom is -0.460 e. The van der Waals surface area contributed by atoms with E-state index in [9.17, 15) is 9.59 Å². The van der Waals surface area contributed by atoms with Crippen LogP contribution in [0.5, 0.6) is 0 Å². The predicted molar refractivity (Wildman–Crippen MR) is 76.3 cm³/mol. The van der Waals surface area contributed by atoms with Gasteiger partial charge in [0.2, 0.25) is 5.91 Å². The number of ether oxygens (including phenoxy) is 2. The molecule has 0 saturated carbocycles. The SMILES string of the molecule is CN(CC1CCCCO1)C(=O)CCC(=O)OC(C)(C)C. The molecule has 116 valence electrons. The number of carbonyl (C=O) groups is 2. The lowest BCUT2D eigenvalue weighted by Crippen LogP contribution is -2.37. The van der Waals surface area contributed by atoms with Crippen molar-refractivity contribution in [1.82, 2.24) is 4.90 Å². The summed E-state index contributed by atoms with van der Waals surface area (Å²) < 4.78 is 10.8. The lowest BCUT2D eigenvalue weighted by Gasteiger charge is -2.27. The molecular weight excluding hydrogens is 258 g/mol. The van der Waals surface area contributed by atoms with Gasteiger partial charge in [-0.15, -0.1) is 0 Å². The van der Waals surface area contributed by atoms with Crippen molar-refractivity contribution in [1.29, 1.82) is 0 Å².